The molecule has 3 amide bonds. The maximum Gasteiger partial charge on any atom is 0.252 e. The van der Waals surface area contributed by atoms with E-state index < -0.39 is 0 Å². The van der Waals surface area contributed by atoms with Crippen molar-refractivity contribution in [2.24, 2.45) is 5.92 Å². The first-order chi connectivity index (χ1) is 9.91. The number of nitrogens with zero attached hydrogens (tertiary/aromatic N) is 1. The third kappa shape index (κ3) is 6.10. The Hall–Kier alpha value is -1.65. The van der Waals surface area contributed by atoms with Crippen molar-refractivity contribution >= 4 is 17.7 Å². The van der Waals surface area contributed by atoms with Gasteiger partial charge in [-0.3, -0.25) is 19.3 Å². The van der Waals surface area contributed by atoms with Crippen LogP contribution in [-0.2, 0) is 14.4 Å². The number of amides is 3. The molecule has 1 unspecified atom stereocenters. The highest BCUT2D eigenvalue weighted by molar-refractivity contribution is 6.04. The zero-order valence-electron chi connectivity index (χ0n) is 13.2. The molecule has 0 aromatic carbocycles. The molecular formula is C16H26N2O3. The van der Waals surface area contributed by atoms with E-state index in [1.165, 1.54) is 11.0 Å². The Kier molecular flexibility index (Phi) is 7.12. The molecule has 1 aliphatic rings. The summed E-state index contributed by atoms with van der Waals surface area (Å²) in [5.74, 6) is 0.142. The molecule has 0 aliphatic carbocycles. The molecule has 0 aromatic heterocycles. The second kappa shape index (κ2) is 8.60. The number of nitrogens with one attached hydrogen (secondary N) is 1. The molecule has 1 N–H and O–H groups in total. The third-order valence-corrected chi connectivity index (χ3v) is 3.79. The smallest absolute Gasteiger partial charge is 0.252 e. The molecular weight excluding hydrogens is 268 g/mol. The Morgan fingerprint density at radius 1 is 1.24 bits per heavy atom. The van der Waals surface area contributed by atoms with Crippen LogP contribution in [0.5, 0.6) is 0 Å². The van der Waals surface area contributed by atoms with Crippen molar-refractivity contribution in [1.29, 1.82) is 0 Å². The average molecular weight is 294 g/mol. The summed E-state index contributed by atoms with van der Waals surface area (Å²) in [4.78, 5) is 36.0. The van der Waals surface area contributed by atoms with E-state index in [-0.39, 0.29) is 23.8 Å². The summed E-state index contributed by atoms with van der Waals surface area (Å²) in [5, 5.41) is 2.97. The van der Waals surface area contributed by atoms with E-state index in [2.05, 4.69) is 19.2 Å². The van der Waals surface area contributed by atoms with Crippen LogP contribution in [0.2, 0.25) is 0 Å². The van der Waals surface area contributed by atoms with E-state index in [9.17, 15) is 14.4 Å². The molecule has 0 saturated carbocycles. The minimum Gasteiger partial charge on any atom is -0.353 e. The lowest BCUT2D eigenvalue weighted by Crippen LogP contribution is -2.38. The fourth-order valence-electron chi connectivity index (χ4n) is 2.04. The van der Waals surface area contributed by atoms with Crippen LogP contribution in [0.25, 0.3) is 0 Å². The maximum absolute atomic E-state index is 11.7. The van der Waals surface area contributed by atoms with Gasteiger partial charge in [0, 0.05) is 31.5 Å². The monoisotopic (exact) mass is 294 g/mol. The van der Waals surface area contributed by atoms with Crippen molar-refractivity contribution in [3.8, 4) is 0 Å². The molecule has 0 aromatic rings. The van der Waals surface area contributed by atoms with Crippen LogP contribution in [-0.4, -0.2) is 35.2 Å². The van der Waals surface area contributed by atoms with Crippen LogP contribution in [0.4, 0.5) is 0 Å². The number of carbonyl (C=O) groups is 3. The van der Waals surface area contributed by atoms with Crippen molar-refractivity contribution in [3.05, 3.63) is 12.2 Å². The molecule has 21 heavy (non-hydrogen) atoms. The van der Waals surface area contributed by atoms with E-state index in [1.807, 2.05) is 6.92 Å². The summed E-state index contributed by atoms with van der Waals surface area (Å²) in [7, 11) is 0. The summed E-state index contributed by atoms with van der Waals surface area (Å²) in [6.07, 6.45) is 6.22. The number of rotatable bonds is 8. The topological polar surface area (TPSA) is 66.5 Å². The largest absolute Gasteiger partial charge is 0.353 e. The Labute approximate surface area is 126 Å². The van der Waals surface area contributed by atoms with Crippen molar-refractivity contribution in [2.45, 2.75) is 58.9 Å². The maximum atomic E-state index is 11.7. The van der Waals surface area contributed by atoms with Gasteiger partial charge in [-0.2, -0.15) is 0 Å². The zero-order valence-corrected chi connectivity index (χ0v) is 13.2. The minimum absolute atomic E-state index is 0.0734. The summed E-state index contributed by atoms with van der Waals surface area (Å²) >= 11 is 0. The van der Waals surface area contributed by atoms with Gasteiger partial charge in [-0.25, -0.2) is 0 Å². The molecule has 1 atom stereocenters. The second-order valence-electron chi connectivity index (χ2n) is 5.90. The van der Waals surface area contributed by atoms with E-state index in [4.69, 9.17) is 0 Å². The van der Waals surface area contributed by atoms with Gasteiger partial charge >= 0.3 is 0 Å². The van der Waals surface area contributed by atoms with Crippen LogP contribution in [0.1, 0.15) is 52.9 Å². The molecule has 5 nitrogen and oxygen atoms in total. The van der Waals surface area contributed by atoms with Gasteiger partial charge in [0.1, 0.15) is 0 Å². The Bertz CT molecular complexity index is 416. The highest BCUT2D eigenvalue weighted by Crippen LogP contribution is 2.09. The number of hydrogen-bond acceptors (Lipinski definition) is 3. The Morgan fingerprint density at radius 3 is 2.57 bits per heavy atom. The highest BCUT2D eigenvalue weighted by atomic mass is 16.2. The van der Waals surface area contributed by atoms with E-state index in [0.29, 0.717) is 25.3 Å². The van der Waals surface area contributed by atoms with Gasteiger partial charge in [-0.1, -0.05) is 26.3 Å². The van der Waals surface area contributed by atoms with E-state index in [0.717, 1.165) is 19.3 Å². The fraction of sp³-hybridized carbons (Fsp3) is 0.688. The van der Waals surface area contributed by atoms with Gasteiger partial charge in [-0.05, 0) is 25.7 Å². The molecule has 1 rings (SSSR count). The predicted octanol–water partition coefficient (Wildman–Crippen LogP) is 2.02. The van der Waals surface area contributed by atoms with E-state index >= 15 is 0 Å². The van der Waals surface area contributed by atoms with Gasteiger partial charge in [0.15, 0.2) is 0 Å². The number of unbranched alkanes of at least 4 members (excludes halogenated alkanes) is 2. The first-order valence-corrected chi connectivity index (χ1v) is 7.72. The first kappa shape index (κ1) is 17.4. The lowest BCUT2D eigenvalue weighted by Gasteiger charge is -2.21. The molecule has 0 saturated heterocycles. The van der Waals surface area contributed by atoms with Crippen LogP contribution in [0.3, 0.4) is 0 Å². The van der Waals surface area contributed by atoms with Crippen molar-refractivity contribution < 1.29 is 14.4 Å². The Balaban J connectivity index is 2.14. The third-order valence-electron chi connectivity index (χ3n) is 3.79. The molecule has 0 bridgehead atoms. The quantitative estimate of drug-likeness (QED) is 0.550. The molecule has 1 heterocycles. The highest BCUT2D eigenvalue weighted by Gasteiger charge is 2.21. The molecule has 0 spiro atoms. The van der Waals surface area contributed by atoms with Crippen LogP contribution in [0.15, 0.2) is 12.2 Å². The SMILES string of the molecule is CC(C)C(C)NC(=O)CCCCCN1C(=O)C=CCC1=O. The summed E-state index contributed by atoms with van der Waals surface area (Å²) in [6, 6.07) is 0.188. The van der Waals surface area contributed by atoms with Gasteiger partial charge in [0.2, 0.25) is 11.8 Å². The van der Waals surface area contributed by atoms with Crippen molar-refractivity contribution in [2.75, 3.05) is 6.54 Å². The summed E-state index contributed by atoms with van der Waals surface area (Å²) < 4.78 is 0. The molecule has 0 fully saturated rings. The standard InChI is InChI=1S/C16H26N2O3/c1-12(2)13(3)17-14(19)8-5-4-6-11-18-15(20)9-7-10-16(18)21/h7,9,12-13H,4-6,8,10-11H2,1-3H3,(H,17,19). The summed E-state index contributed by atoms with van der Waals surface area (Å²) in [6.45, 7) is 6.60. The first-order valence-electron chi connectivity index (χ1n) is 7.72. The van der Waals surface area contributed by atoms with Gasteiger partial charge in [0.25, 0.3) is 5.91 Å². The number of carbonyl (C=O) groups excluding carboxylic acids is 3. The lowest BCUT2D eigenvalue weighted by atomic mass is 10.1. The van der Waals surface area contributed by atoms with Crippen LogP contribution in [0, 0.1) is 5.92 Å². The van der Waals surface area contributed by atoms with Crippen molar-refractivity contribution in [1.82, 2.24) is 10.2 Å². The molecule has 0 radical (unpaired) electrons. The minimum atomic E-state index is -0.227. The van der Waals surface area contributed by atoms with Gasteiger partial charge in [0.05, 0.1) is 0 Å². The van der Waals surface area contributed by atoms with Crippen molar-refractivity contribution in [3.63, 3.8) is 0 Å². The predicted molar refractivity (Wildman–Crippen MR) is 81.4 cm³/mol. The number of imide groups is 1. The zero-order chi connectivity index (χ0) is 15.8. The Morgan fingerprint density at radius 2 is 1.95 bits per heavy atom. The van der Waals surface area contributed by atoms with E-state index in [1.54, 1.807) is 6.08 Å². The lowest BCUT2D eigenvalue weighted by molar-refractivity contribution is -0.142. The normalized spacial score (nSPS) is 16.5. The van der Waals surface area contributed by atoms with Gasteiger partial charge < -0.3 is 5.32 Å². The van der Waals surface area contributed by atoms with Gasteiger partial charge in [-0.15, -0.1) is 0 Å². The van der Waals surface area contributed by atoms with Crippen LogP contribution < -0.4 is 5.32 Å². The fourth-order valence-corrected chi connectivity index (χ4v) is 2.04. The summed E-state index contributed by atoms with van der Waals surface area (Å²) in [5.41, 5.74) is 0. The molecule has 5 heteroatoms. The molecule has 1 aliphatic heterocycles. The average Bonchev–Trinajstić information content (AvgIpc) is 2.41. The molecule has 118 valence electrons. The second-order valence-corrected chi connectivity index (χ2v) is 5.90. The van der Waals surface area contributed by atoms with Crippen LogP contribution >= 0.6 is 0 Å². The number of hydrogen-bond donors (Lipinski definition) is 1.